The second-order valence-corrected chi connectivity index (χ2v) is 15.3. The molecule has 2 rings (SSSR count). The second-order valence-electron chi connectivity index (χ2n) is 15.3. The smallest absolute Gasteiger partial charge is 0.305 e. The van der Waals surface area contributed by atoms with E-state index in [1.54, 1.807) is 4.90 Å². The molecule has 0 radical (unpaired) electrons. The summed E-state index contributed by atoms with van der Waals surface area (Å²) >= 11 is 0. The van der Waals surface area contributed by atoms with E-state index in [0.717, 1.165) is 57.8 Å². The van der Waals surface area contributed by atoms with Crippen molar-refractivity contribution in [3.8, 4) is 23.7 Å². The normalized spacial score (nSPS) is 17.4. The van der Waals surface area contributed by atoms with Crippen LogP contribution in [0.5, 0.6) is 0 Å². The summed E-state index contributed by atoms with van der Waals surface area (Å²) in [6.07, 6.45) is 20.8. The first-order valence-electron chi connectivity index (χ1n) is 20.8. The number of rotatable bonds is 28. The van der Waals surface area contributed by atoms with Crippen LogP contribution in [0, 0.1) is 29.6 Å². The van der Waals surface area contributed by atoms with Crippen molar-refractivity contribution < 1.29 is 28.7 Å². The highest BCUT2D eigenvalue weighted by molar-refractivity contribution is 5.89. The van der Waals surface area contributed by atoms with E-state index in [4.69, 9.17) is 9.47 Å². The molecular weight excluding hydrogens is 666 g/mol. The predicted octanol–water partition coefficient (Wildman–Crippen LogP) is 7.95. The van der Waals surface area contributed by atoms with Crippen LogP contribution in [-0.4, -0.2) is 73.6 Å². The molecule has 2 bridgehead atoms. The fourth-order valence-electron chi connectivity index (χ4n) is 7.74. The number of hydrogen-bond acceptors (Lipinski definition) is 7. The fraction of sp³-hybridized carbons (Fsp3) is 0.773. The Morgan fingerprint density at radius 1 is 0.849 bits per heavy atom. The van der Waals surface area contributed by atoms with Crippen molar-refractivity contribution in [3.05, 3.63) is 11.6 Å². The molecule has 2 unspecified atom stereocenters. The molecule has 0 heterocycles. The molecule has 298 valence electrons. The molecule has 1 saturated carbocycles. The molecule has 0 aromatic carbocycles. The maximum atomic E-state index is 14.7. The van der Waals surface area contributed by atoms with Gasteiger partial charge in [-0.05, 0) is 90.1 Å². The van der Waals surface area contributed by atoms with Crippen molar-refractivity contribution in [1.82, 2.24) is 15.5 Å². The Morgan fingerprint density at radius 3 is 1.94 bits per heavy atom. The molecule has 0 aromatic rings. The number of esters is 2. The van der Waals surface area contributed by atoms with Crippen LogP contribution in [0.2, 0.25) is 0 Å². The lowest BCUT2D eigenvalue weighted by Gasteiger charge is -2.45. The molecule has 1 fully saturated rings. The Morgan fingerprint density at radius 2 is 1.42 bits per heavy atom. The first kappa shape index (κ1) is 45.9. The minimum absolute atomic E-state index is 0.123. The summed E-state index contributed by atoms with van der Waals surface area (Å²) in [5.41, 5.74) is -0.231. The maximum absolute atomic E-state index is 14.7. The molecule has 2 amide bonds. The standard InChI is InChI=1S/C44H71N3O6/c1-5-7-9-11-13-15-17-19-32-52-40(49)24-21-27-44(47(37-48)31-23-30-45-4,42(51)46-43-29-26-39(36-43)34-38(3)35-43)28-22-25-41(50)53-33-20-18-16-14-12-10-8-6-2/h26,37-38,45H,5-14,19-25,27-36H2,1-4H3,(H,46,51). The number of amides is 2. The number of unbranched alkanes of at least 4 members (excludes halogenated alkanes) is 8. The molecule has 0 saturated heterocycles. The van der Waals surface area contributed by atoms with Crippen molar-refractivity contribution in [2.24, 2.45) is 5.92 Å². The Labute approximate surface area is 321 Å². The van der Waals surface area contributed by atoms with Crippen LogP contribution in [0.3, 0.4) is 0 Å². The van der Waals surface area contributed by atoms with E-state index >= 15 is 0 Å². The summed E-state index contributed by atoms with van der Waals surface area (Å²) in [4.78, 5) is 54.8. The Bertz CT molecular complexity index is 1200. The van der Waals surface area contributed by atoms with E-state index < -0.39 is 5.54 Å². The predicted molar refractivity (Wildman–Crippen MR) is 213 cm³/mol. The Balaban J connectivity index is 2.11. The second kappa shape index (κ2) is 27.3. The van der Waals surface area contributed by atoms with Crippen molar-refractivity contribution in [2.45, 2.75) is 180 Å². The molecule has 2 N–H and O–H groups in total. The summed E-state index contributed by atoms with van der Waals surface area (Å²) in [6.45, 7) is 8.11. The van der Waals surface area contributed by atoms with Gasteiger partial charge in [-0.25, -0.2) is 0 Å². The molecule has 2 aliphatic carbocycles. The van der Waals surface area contributed by atoms with Crippen LogP contribution in [0.15, 0.2) is 11.6 Å². The van der Waals surface area contributed by atoms with Gasteiger partial charge in [0, 0.05) is 50.6 Å². The molecule has 2 atom stereocenters. The fourth-order valence-corrected chi connectivity index (χ4v) is 7.74. The highest BCUT2D eigenvalue weighted by Crippen LogP contribution is 2.44. The highest BCUT2D eigenvalue weighted by Gasteiger charge is 2.48. The lowest BCUT2D eigenvalue weighted by molar-refractivity contribution is -0.147. The van der Waals surface area contributed by atoms with Gasteiger partial charge in [-0.2, -0.15) is 0 Å². The highest BCUT2D eigenvalue weighted by atomic mass is 16.5. The molecule has 2 aliphatic rings. The van der Waals surface area contributed by atoms with Gasteiger partial charge in [-0.15, -0.1) is 11.8 Å². The van der Waals surface area contributed by atoms with Crippen LogP contribution in [0.25, 0.3) is 0 Å². The Hall–Kier alpha value is -3.30. The monoisotopic (exact) mass is 738 g/mol. The zero-order valence-electron chi connectivity index (χ0n) is 33.7. The topological polar surface area (TPSA) is 114 Å². The van der Waals surface area contributed by atoms with Gasteiger partial charge in [-0.1, -0.05) is 82.8 Å². The van der Waals surface area contributed by atoms with E-state index in [2.05, 4.69) is 61.2 Å². The molecule has 0 aromatic heterocycles. The lowest BCUT2D eigenvalue weighted by atomic mass is 9.76. The third-order valence-corrected chi connectivity index (χ3v) is 10.5. The van der Waals surface area contributed by atoms with Gasteiger partial charge in [0.15, 0.2) is 0 Å². The third kappa shape index (κ3) is 18.1. The summed E-state index contributed by atoms with van der Waals surface area (Å²) in [5.74, 6) is 12.1. The van der Waals surface area contributed by atoms with Crippen LogP contribution in [0.4, 0.5) is 0 Å². The average molecular weight is 738 g/mol. The van der Waals surface area contributed by atoms with E-state index in [-0.39, 0.29) is 62.3 Å². The van der Waals surface area contributed by atoms with Gasteiger partial charge in [0.05, 0.1) is 0 Å². The van der Waals surface area contributed by atoms with E-state index in [1.807, 2.05) is 7.05 Å². The molecular formula is C44H71N3O6. The first-order chi connectivity index (χ1) is 25.7. The van der Waals surface area contributed by atoms with Gasteiger partial charge >= 0.3 is 11.9 Å². The molecule has 0 aliphatic heterocycles. The van der Waals surface area contributed by atoms with Gasteiger partial charge < -0.3 is 25.0 Å². The van der Waals surface area contributed by atoms with Crippen molar-refractivity contribution >= 4 is 24.3 Å². The summed E-state index contributed by atoms with van der Waals surface area (Å²) < 4.78 is 11.0. The lowest BCUT2D eigenvalue weighted by Crippen LogP contribution is -2.63. The van der Waals surface area contributed by atoms with Gasteiger partial charge in [0.2, 0.25) is 12.3 Å². The minimum Gasteiger partial charge on any atom is -0.465 e. The van der Waals surface area contributed by atoms with Crippen LogP contribution in [0.1, 0.15) is 168 Å². The van der Waals surface area contributed by atoms with E-state index in [0.29, 0.717) is 51.1 Å². The maximum Gasteiger partial charge on any atom is 0.305 e. The van der Waals surface area contributed by atoms with Crippen LogP contribution in [-0.2, 0) is 28.7 Å². The quantitative estimate of drug-likeness (QED) is 0.0276. The molecule has 9 heteroatoms. The minimum atomic E-state index is -1.24. The van der Waals surface area contributed by atoms with Gasteiger partial charge in [-0.3, -0.25) is 19.2 Å². The van der Waals surface area contributed by atoms with E-state index in [1.165, 1.54) is 44.1 Å². The molecule has 9 nitrogen and oxygen atoms in total. The van der Waals surface area contributed by atoms with Crippen LogP contribution < -0.4 is 10.6 Å². The number of hydrogen-bond donors (Lipinski definition) is 2. The first-order valence-corrected chi connectivity index (χ1v) is 20.8. The third-order valence-electron chi connectivity index (χ3n) is 10.5. The zero-order valence-corrected chi connectivity index (χ0v) is 33.7. The number of nitrogens with zero attached hydrogens (tertiary/aromatic N) is 1. The average Bonchev–Trinajstić information content (AvgIpc) is 3.44. The number of fused-ring (bicyclic) bond motifs is 2. The number of carbonyl (C=O) groups excluding carboxylic acids is 4. The SMILES string of the molecule is CCCCCCC#CCCOC(=O)CCCC(CCCC(=O)OCCC#CCCCCCC)(C(=O)NC12CC=C(CC(C)C1)C2)N(C=O)CCCNC. The summed E-state index contributed by atoms with van der Waals surface area (Å²) in [7, 11) is 1.86. The van der Waals surface area contributed by atoms with Crippen molar-refractivity contribution in [3.63, 3.8) is 0 Å². The number of nitrogens with one attached hydrogen (secondary N) is 2. The number of ether oxygens (including phenoxy) is 2. The molecule has 53 heavy (non-hydrogen) atoms. The van der Waals surface area contributed by atoms with Crippen molar-refractivity contribution in [2.75, 3.05) is 33.4 Å². The number of carbonyl (C=O) groups is 4. The largest absolute Gasteiger partial charge is 0.465 e. The summed E-state index contributed by atoms with van der Waals surface area (Å²) in [5, 5.41) is 6.58. The Kier molecular flexibility index (Phi) is 23.6. The van der Waals surface area contributed by atoms with Gasteiger partial charge in [0.1, 0.15) is 18.8 Å². The van der Waals surface area contributed by atoms with E-state index in [9.17, 15) is 19.2 Å². The van der Waals surface area contributed by atoms with Gasteiger partial charge in [0.25, 0.3) is 0 Å². The van der Waals surface area contributed by atoms with Crippen molar-refractivity contribution in [1.29, 1.82) is 0 Å². The zero-order chi connectivity index (χ0) is 38.6. The molecule has 0 spiro atoms. The summed E-state index contributed by atoms with van der Waals surface area (Å²) in [6, 6.07) is 0. The van der Waals surface area contributed by atoms with Crippen LogP contribution >= 0.6 is 0 Å².